The van der Waals surface area contributed by atoms with Gasteiger partial charge < -0.3 is 24.4 Å². The lowest BCUT2D eigenvalue weighted by Gasteiger charge is -2.37. The summed E-state index contributed by atoms with van der Waals surface area (Å²) in [6, 6.07) is 6.34. The lowest BCUT2D eigenvalue weighted by atomic mass is 9.66. The third kappa shape index (κ3) is 4.56. The molecule has 3 saturated heterocycles. The van der Waals surface area contributed by atoms with Crippen LogP contribution in [-0.2, 0) is 19.1 Å². The van der Waals surface area contributed by atoms with E-state index in [-0.39, 0.29) is 44.1 Å². The first-order valence-electron chi connectivity index (χ1n) is 12.7. The van der Waals surface area contributed by atoms with Crippen molar-refractivity contribution >= 4 is 35.2 Å². The number of likely N-dealkylation sites (tertiary alicyclic amines) is 1. The molecule has 0 radical (unpaired) electrons. The number of anilines is 1. The Morgan fingerprint density at radius 2 is 1.97 bits per heavy atom. The maximum absolute atomic E-state index is 14.3. The van der Waals surface area contributed by atoms with Crippen LogP contribution in [0.2, 0.25) is 0 Å². The van der Waals surface area contributed by atoms with Gasteiger partial charge in [0, 0.05) is 23.5 Å². The third-order valence-electron chi connectivity index (χ3n) is 7.86. The van der Waals surface area contributed by atoms with Crippen LogP contribution in [0, 0.1) is 11.8 Å². The van der Waals surface area contributed by atoms with Gasteiger partial charge >= 0.3 is 5.97 Å². The van der Waals surface area contributed by atoms with Gasteiger partial charge in [0.2, 0.25) is 5.91 Å². The SMILES string of the molecule is C=CCCCOC(=O)[C@H]1[C@H]2C(=O)N(CCO)C(C(=O)N(CC=C)c3ccc(OC)cc3)C23CC[C@]1(C)S3. The van der Waals surface area contributed by atoms with E-state index in [1.165, 1.54) is 4.90 Å². The number of amides is 2. The fourth-order valence-corrected chi connectivity index (χ4v) is 8.60. The van der Waals surface area contributed by atoms with Crippen LogP contribution < -0.4 is 9.64 Å². The summed E-state index contributed by atoms with van der Waals surface area (Å²) in [6.45, 7) is 9.80. The number of carbonyl (C=O) groups is 3. The quantitative estimate of drug-likeness (QED) is 0.253. The Morgan fingerprint density at radius 1 is 1.24 bits per heavy atom. The summed E-state index contributed by atoms with van der Waals surface area (Å²) in [5.74, 6) is -1.54. The Hall–Kier alpha value is -2.78. The van der Waals surface area contributed by atoms with Crippen LogP contribution in [0.1, 0.15) is 32.6 Å². The molecule has 200 valence electrons. The van der Waals surface area contributed by atoms with E-state index in [0.29, 0.717) is 30.7 Å². The standard InChI is InChI=1S/C28H36N2O6S/c1-5-7-8-18-36-26(34)22-21-24(32)30(16-17-31)23(28(21)14-13-27(22,3)37-28)25(33)29(15-6-2)19-9-11-20(35-4)12-10-19/h5-6,9-12,21-23,31H,1-2,7-8,13-18H2,3-4H3/t21-,22+,23?,27-,28?/m0/s1. The van der Waals surface area contributed by atoms with Crippen molar-refractivity contribution < 1.29 is 29.0 Å². The third-order valence-corrected chi connectivity index (χ3v) is 9.85. The summed E-state index contributed by atoms with van der Waals surface area (Å²) in [6.07, 6.45) is 6.17. The summed E-state index contributed by atoms with van der Waals surface area (Å²) in [5, 5.41) is 9.83. The lowest BCUT2D eigenvalue weighted by Crippen LogP contribution is -2.55. The minimum Gasteiger partial charge on any atom is -0.497 e. The van der Waals surface area contributed by atoms with E-state index < -0.39 is 27.4 Å². The Bertz CT molecular complexity index is 1060. The van der Waals surface area contributed by atoms with Gasteiger partial charge in [-0.2, -0.15) is 0 Å². The fraction of sp³-hybridized carbons (Fsp3) is 0.536. The number of esters is 1. The zero-order valence-electron chi connectivity index (χ0n) is 21.6. The Labute approximate surface area is 222 Å². The highest BCUT2D eigenvalue weighted by molar-refractivity contribution is 8.02. The second-order valence-corrected chi connectivity index (χ2v) is 11.9. The van der Waals surface area contributed by atoms with Gasteiger partial charge in [-0.1, -0.05) is 12.2 Å². The summed E-state index contributed by atoms with van der Waals surface area (Å²) in [7, 11) is 1.58. The van der Waals surface area contributed by atoms with Crippen LogP contribution in [0.15, 0.2) is 49.6 Å². The number of methoxy groups -OCH3 is 1. The number of carbonyl (C=O) groups excluding carboxylic acids is 3. The molecular weight excluding hydrogens is 492 g/mol. The molecule has 8 nitrogen and oxygen atoms in total. The molecule has 3 aliphatic heterocycles. The van der Waals surface area contributed by atoms with Crippen molar-refractivity contribution in [3.63, 3.8) is 0 Å². The van der Waals surface area contributed by atoms with Gasteiger partial charge in [-0.3, -0.25) is 14.4 Å². The Morgan fingerprint density at radius 3 is 2.59 bits per heavy atom. The van der Waals surface area contributed by atoms with E-state index in [2.05, 4.69) is 13.2 Å². The van der Waals surface area contributed by atoms with Crippen LogP contribution in [-0.4, -0.2) is 76.7 Å². The minimum absolute atomic E-state index is 0.0242. The summed E-state index contributed by atoms with van der Waals surface area (Å²) in [5.41, 5.74) is 0.656. The van der Waals surface area contributed by atoms with Crippen molar-refractivity contribution in [1.82, 2.24) is 4.90 Å². The molecule has 3 fully saturated rings. The molecule has 1 aromatic rings. The number of benzene rings is 1. The molecule has 1 spiro atoms. The molecule has 9 heteroatoms. The largest absolute Gasteiger partial charge is 0.497 e. The van der Waals surface area contributed by atoms with Gasteiger partial charge in [-0.05, 0) is 56.9 Å². The van der Waals surface area contributed by atoms with Gasteiger partial charge in [-0.15, -0.1) is 24.9 Å². The molecule has 5 atom stereocenters. The molecular formula is C28H36N2O6S. The summed E-state index contributed by atoms with van der Waals surface area (Å²) < 4.78 is 9.62. The van der Waals surface area contributed by atoms with Crippen molar-refractivity contribution in [2.45, 2.75) is 48.1 Å². The molecule has 4 rings (SSSR count). The first kappa shape index (κ1) is 27.3. The maximum Gasteiger partial charge on any atom is 0.311 e. The second kappa shape index (κ2) is 10.9. The monoisotopic (exact) mass is 528 g/mol. The number of rotatable bonds is 12. The van der Waals surface area contributed by atoms with Crippen LogP contribution in [0.4, 0.5) is 5.69 Å². The zero-order valence-corrected chi connectivity index (χ0v) is 22.4. The number of β-amino-alcohol motifs (C(OH)–C–C–N with tert-alkyl or cyclic N) is 1. The molecule has 3 aliphatic rings. The topological polar surface area (TPSA) is 96.4 Å². The highest BCUT2D eigenvalue weighted by Crippen LogP contribution is 2.71. The number of fused-ring (bicyclic) bond motifs is 1. The highest BCUT2D eigenvalue weighted by atomic mass is 32.2. The van der Waals surface area contributed by atoms with Crippen LogP contribution in [0.5, 0.6) is 5.75 Å². The average molecular weight is 529 g/mol. The number of allylic oxidation sites excluding steroid dienone is 1. The number of thioether (sulfide) groups is 1. The molecule has 2 unspecified atom stereocenters. The first-order chi connectivity index (χ1) is 17.8. The minimum atomic E-state index is -0.815. The number of hydrogen-bond acceptors (Lipinski definition) is 7. The van der Waals surface area contributed by atoms with E-state index in [0.717, 1.165) is 6.42 Å². The normalized spacial score (nSPS) is 29.6. The van der Waals surface area contributed by atoms with Crippen LogP contribution in [0.25, 0.3) is 0 Å². The molecule has 0 saturated carbocycles. The molecule has 1 N–H and O–H groups in total. The molecule has 2 bridgehead atoms. The first-order valence-corrected chi connectivity index (χ1v) is 13.5. The molecule has 37 heavy (non-hydrogen) atoms. The van der Waals surface area contributed by atoms with Gasteiger partial charge in [-0.25, -0.2) is 0 Å². The molecule has 2 amide bonds. The highest BCUT2D eigenvalue weighted by Gasteiger charge is 2.77. The van der Waals surface area contributed by atoms with Crippen molar-refractivity contribution in [2.24, 2.45) is 11.8 Å². The number of aliphatic hydroxyl groups is 1. The van der Waals surface area contributed by atoms with E-state index in [1.54, 1.807) is 60.2 Å². The smallest absolute Gasteiger partial charge is 0.311 e. The van der Waals surface area contributed by atoms with Crippen molar-refractivity contribution in [3.8, 4) is 5.75 Å². The number of nitrogens with zero attached hydrogens (tertiary/aromatic N) is 2. The lowest BCUT2D eigenvalue weighted by molar-refractivity contribution is -0.155. The predicted molar refractivity (Wildman–Crippen MR) is 143 cm³/mol. The van der Waals surface area contributed by atoms with E-state index >= 15 is 0 Å². The van der Waals surface area contributed by atoms with Crippen molar-refractivity contribution in [1.29, 1.82) is 0 Å². The van der Waals surface area contributed by atoms with Gasteiger partial charge in [0.25, 0.3) is 5.91 Å². The Balaban J connectivity index is 1.70. The van der Waals surface area contributed by atoms with E-state index in [1.807, 2.05) is 6.92 Å². The van der Waals surface area contributed by atoms with Crippen molar-refractivity contribution in [3.05, 3.63) is 49.6 Å². The number of unbranched alkanes of at least 4 members (excludes halogenated alkanes) is 1. The average Bonchev–Trinajstić information content (AvgIpc) is 3.46. The molecule has 3 heterocycles. The van der Waals surface area contributed by atoms with Crippen LogP contribution >= 0.6 is 11.8 Å². The fourth-order valence-electron chi connectivity index (χ4n) is 6.26. The number of hydrogen-bond donors (Lipinski definition) is 1. The van der Waals surface area contributed by atoms with E-state index in [4.69, 9.17) is 9.47 Å². The van der Waals surface area contributed by atoms with E-state index in [9.17, 15) is 19.5 Å². The molecule has 0 aromatic heterocycles. The molecule has 0 aliphatic carbocycles. The second-order valence-electron chi connectivity index (χ2n) is 10.0. The van der Waals surface area contributed by atoms with Gasteiger partial charge in [0.1, 0.15) is 11.8 Å². The van der Waals surface area contributed by atoms with Gasteiger partial charge in [0.15, 0.2) is 0 Å². The maximum atomic E-state index is 14.3. The predicted octanol–water partition coefficient (Wildman–Crippen LogP) is 3.20. The van der Waals surface area contributed by atoms with Crippen LogP contribution in [0.3, 0.4) is 0 Å². The summed E-state index contributed by atoms with van der Waals surface area (Å²) >= 11 is 1.58. The number of aliphatic hydroxyl groups excluding tert-OH is 1. The Kier molecular flexibility index (Phi) is 8.04. The van der Waals surface area contributed by atoms with Gasteiger partial charge in [0.05, 0.1) is 36.9 Å². The number of ether oxygens (including phenoxy) is 2. The summed E-state index contributed by atoms with van der Waals surface area (Å²) in [4.78, 5) is 44.6. The zero-order chi connectivity index (χ0) is 26.8. The molecule has 1 aromatic carbocycles. The van der Waals surface area contributed by atoms with Crippen molar-refractivity contribution in [2.75, 3.05) is 38.3 Å².